The van der Waals surface area contributed by atoms with Crippen molar-refractivity contribution in [2.45, 2.75) is 38.9 Å². The van der Waals surface area contributed by atoms with Crippen LogP contribution < -0.4 is 5.46 Å². The second kappa shape index (κ2) is 9.62. The topological polar surface area (TPSA) is 57.1 Å². The maximum atomic E-state index is 6.26. The lowest BCUT2D eigenvalue weighted by atomic mass is 9.79. The first-order valence-electron chi connectivity index (χ1n) is 14.0. The molecule has 0 amide bonds. The molecule has 0 saturated carbocycles. The highest BCUT2D eigenvalue weighted by atomic mass is 16.7. The maximum absolute atomic E-state index is 6.26. The summed E-state index contributed by atoms with van der Waals surface area (Å²) in [5.74, 6) is 1.89. The fraction of sp³-hybridized carbons (Fsp3) is 0.171. The number of benzene rings is 5. The maximum Gasteiger partial charge on any atom is 0.494 e. The molecule has 7 rings (SSSR count). The fourth-order valence-electron chi connectivity index (χ4n) is 5.19. The summed E-state index contributed by atoms with van der Waals surface area (Å²) in [5.41, 5.74) is 2.97. The lowest BCUT2D eigenvalue weighted by molar-refractivity contribution is 0.00578. The van der Waals surface area contributed by atoms with Crippen molar-refractivity contribution in [3.63, 3.8) is 0 Å². The summed E-state index contributed by atoms with van der Waals surface area (Å²) < 4.78 is 12.5. The van der Waals surface area contributed by atoms with Crippen LogP contribution in [0.25, 0.3) is 55.7 Å². The third kappa shape index (κ3) is 4.69. The van der Waals surface area contributed by atoms with Crippen LogP contribution in [0.1, 0.15) is 27.7 Å². The van der Waals surface area contributed by atoms with E-state index in [9.17, 15) is 0 Å². The summed E-state index contributed by atoms with van der Waals surface area (Å²) in [6.45, 7) is 8.26. The molecule has 6 heteroatoms. The Bertz CT molecular complexity index is 1800. The van der Waals surface area contributed by atoms with Crippen LogP contribution in [-0.4, -0.2) is 33.3 Å². The molecule has 5 nitrogen and oxygen atoms in total. The van der Waals surface area contributed by atoms with Crippen molar-refractivity contribution in [3.8, 4) is 34.2 Å². The molecule has 0 aliphatic carbocycles. The highest BCUT2D eigenvalue weighted by molar-refractivity contribution is 6.62. The van der Waals surface area contributed by atoms with Gasteiger partial charge in [-0.3, -0.25) is 0 Å². The Kier molecular flexibility index (Phi) is 6.00. The fourth-order valence-corrected chi connectivity index (χ4v) is 5.19. The summed E-state index contributed by atoms with van der Waals surface area (Å²) >= 11 is 0. The molecule has 1 aliphatic rings. The summed E-state index contributed by atoms with van der Waals surface area (Å²) in [4.78, 5) is 14.9. The second-order valence-corrected chi connectivity index (χ2v) is 11.6. The van der Waals surface area contributed by atoms with E-state index < -0.39 is 18.3 Å². The second-order valence-electron chi connectivity index (χ2n) is 11.6. The molecule has 200 valence electrons. The molecule has 1 saturated heterocycles. The standard InChI is InChI=1S/C35H30BN3O2/c1-34(2)35(3,4)41-36(40-34)30-19-17-25(18-20-30)31-37-32(28-15-13-23-9-5-7-11-26(23)21-28)39-33(38-31)29-16-14-24-10-6-8-12-27(24)22-29/h5-22H,1-4H3. The molecule has 6 aromatic rings. The average Bonchev–Trinajstić information content (AvgIpc) is 3.22. The number of fused-ring (bicyclic) bond motifs is 2. The minimum absolute atomic E-state index is 0.395. The Labute approximate surface area is 240 Å². The molecule has 2 heterocycles. The van der Waals surface area contributed by atoms with E-state index in [1.807, 2.05) is 48.5 Å². The van der Waals surface area contributed by atoms with Gasteiger partial charge in [0.15, 0.2) is 17.5 Å². The zero-order valence-electron chi connectivity index (χ0n) is 23.6. The van der Waals surface area contributed by atoms with Gasteiger partial charge in [-0.25, -0.2) is 15.0 Å². The Morgan fingerprint density at radius 1 is 0.463 bits per heavy atom. The molecule has 1 aliphatic heterocycles. The highest BCUT2D eigenvalue weighted by Gasteiger charge is 2.51. The van der Waals surface area contributed by atoms with E-state index in [0.29, 0.717) is 17.5 Å². The largest absolute Gasteiger partial charge is 0.494 e. The molecule has 0 atom stereocenters. The van der Waals surface area contributed by atoms with Crippen LogP contribution >= 0.6 is 0 Å². The minimum atomic E-state index is -0.422. The average molecular weight is 535 g/mol. The van der Waals surface area contributed by atoms with Crippen LogP contribution in [-0.2, 0) is 9.31 Å². The number of hydrogen-bond donors (Lipinski definition) is 0. The molecule has 0 bridgehead atoms. The molecule has 0 N–H and O–H groups in total. The lowest BCUT2D eigenvalue weighted by Gasteiger charge is -2.32. The van der Waals surface area contributed by atoms with E-state index in [2.05, 4.69) is 88.4 Å². The summed E-state index contributed by atoms with van der Waals surface area (Å²) in [5, 5.41) is 4.65. The molecular weight excluding hydrogens is 505 g/mol. The molecule has 41 heavy (non-hydrogen) atoms. The minimum Gasteiger partial charge on any atom is -0.399 e. The van der Waals surface area contributed by atoms with Gasteiger partial charge >= 0.3 is 7.12 Å². The SMILES string of the molecule is CC1(C)OB(c2ccc(-c3nc(-c4ccc5ccccc5c4)nc(-c4ccc5ccccc5c4)n3)cc2)OC1(C)C. The third-order valence-electron chi connectivity index (χ3n) is 8.35. The van der Waals surface area contributed by atoms with Gasteiger partial charge in [-0.15, -0.1) is 0 Å². The zero-order valence-corrected chi connectivity index (χ0v) is 23.6. The molecule has 5 aromatic carbocycles. The molecule has 1 fully saturated rings. The zero-order chi connectivity index (χ0) is 28.2. The van der Waals surface area contributed by atoms with E-state index in [0.717, 1.165) is 32.9 Å². The normalized spacial score (nSPS) is 16.0. The summed E-state index contributed by atoms with van der Waals surface area (Å²) in [6, 6.07) is 37.4. The van der Waals surface area contributed by atoms with Crippen molar-refractivity contribution in [3.05, 3.63) is 109 Å². The Morgan fingerprint density at radius 3 is 1.32 bits per heavy atom. The number of aromatic nitrogens is 3. The quantitative estimate of drug-likeness (QED) is 0.219. The van der Waals surface area contributed by atoms with Crippen molar-refractivity contribution >= 4 is 34.1 Å². The van der Waals surface area contributed by atoms with Crippen molar-refractivity contribution in [2.24, 2.45) is 0 Å². The number of hydrogen-bond acceptors (Lipinski definition) is 5. The van der Waals surface area contributed by atoms with Gasteiger partial charge in [0.05, 0.1) is 11.2 Å². The van der Waals surface area contributed by atoms with Crippen molar-refractivity contribution < 1.29 is 9.31 Å². The predicted molar refractivity (Wildman–Crippen MR) is 167 cm³/mol. The predicted octanol–water partition coefficient (Wildman–Crippen LogP) is 7.48. The summed E-state index contributed by atoms with van der Waals surface area (Å²) in [6.07, 6.45) is 0. The lowest BCUT2D eigenvalue weighted by Crippen LogP contribution is -2.41. The van der Waals surface area contributed by atoms with Gasteiger partial charge in [-0.1, -0.05) is 97.1 Å². The molecule has 1 aromatic heterocycles. The van der Waals surface area contributed by atoms with E-state index in [4.69, 9.17) is 24.3 Å². The molecule has 0 radical (unpaired) electrons. The molecular formula is C35H30BN3O2. The smallest absolute Gasteiger partial charge is 0.399 e. The van der Waals surface area contributed by atoms with Gasteiger partial charge in [0.2, 0.25) is 0 Å². The van der Waals surface area contributed by atoms with Gasteiger partial charge in [-0.2, -0.15) is 0 Å². The molecule has 0 unspecified atom stereocenters. The van der Waals surface area contributed by atoms with Gasteiger partial charge in [0, 0.05) is 16.7 Å². The first-order valence-corrected chi connectivity index (χ1v) is 14.0. The van der Waals surface area contributed by atoms with Crippen LogP contribution in [0.2, 0.25) is 0 Å². The van der Waals surface area contributed by atoms with Crippen molar-refractivity contribution in [1.82, 2.24) is 15.0 Å². The monoisotopic (exact) mass is 535 g/mol. The van der Waals surface area contributed by atoms with E-state index in [1.54, 1.807) is 0 Å². The van der Waals surface area contributed by atoms with Crippen LogP contribution in [0.4, 0.5) is 0 Å². The van der Waals surface area contributed by atoms with Crippen LogP contribution in [0, 0.1) is 0 Å². The number of rotatable bonds is 4. The van der Waals surface area contributed by atoms with Gasteiger partial charge in [-0.05, 0) is 66.8 Å². The Balaban J connectivity index is 1.32. The van der Waals surface area contributed by atoms with Gasteiger partial charge < -0.3 is 9.31 Å². The highest BCUT2D eigenvalue weighted by Crippen LogP contribution is 2.36. The third-order valence-corrected chi connectivity index (χ3v) is 8.35. The van der Waals surface area contributed by atoms with E-state index >= 15 is 0 Å². The molecule has 0 spiro atoms. The van der Waals surface area contributed by atoms with Crippen molar-refractivity contribution in [2.75, 3.05) is 0 Å². The van der Waals surface area contributed by atoms with Gasteiger partial charge in [0.1, 0.15) is 0 Å². The van der Waals surface area contributed by atoms with E-state index in [-0.39, 0.29) is 0 Å². The first kappa shape index (κ1) is 25.6. The summed E-state index contributed by atoms with van der Waals surface area (Å²) in [7, 11) is -0.422. The van der Waals surface area contributed by atoms with Crippen LogP contribution in [0.15, 0.2) is 109 Å². The number of nitrogens with zero attached hydrogens (tertiary/aromatic N) is 3. The van der Waals surface area contributed by atoms with Gasteiger partial charge in [0.25, 0.3) is 0 Å². The van der Waals surface area contributed by atoms with Crippen molar-refractivity contribution in [1.29, 1.82) is 0 Å². The Hall–Kier alpha value is -4.39. The van der Waals surface area contributed by atoms with E-state index in [1.165, 1.54) is 10.8 Å². The van der Waals surface area contributed by atoms with Crippen LogP contribution in [0.3, 0.4) is 0 Å². The van der Waals surface area contributed by atoms with Crippen LogP contribution in [0.5, 0.6) is 0 Å². The first-order chi connectivity index (χ1) is 19.8. The Morgan fingerprint density at radius 2 is 0.854 bits per heavy atom.